The first-order valence-corrected chi connectivity index (χ1v) is 13.3. The number of aromatic nitrogens is 1. The first-order valence-electron chi connectivity index (χ1n) is 9.81. The smallest absolute Gasteiger partial charge is 0.252 e. The van der Waals surface area contributed by atoms with Gasteiger partial charge in [0, 0.05) is 26.7 Å². The van der Waals surface area contributed by atoms with Crippen molar-refractivity contribution in [2.24, 2.45) is 10.9 Å². The molecule has 11 heteroatoms. The Morgan fingerprint density at radius 1 is 1.26 bits per heavy atom. The van der Waals surface area contributed by atoms with E-state index < -0.39 is 15.9 Å². The number of amides is 1. The van der Waals surface area contributed by atoms with Crippen molar-refractivity contribution in [3.05, 3.63) is 45.5 Å². The third kappa shape index (κ3) is 4.79. The predicted molar refractivity (Wildman–Crippen MR) is 123 cm³/mol. The monoisotopic (exact) mass is 499 g/mol. The van der Waals surface area contributed by atoms with E-state index in [1.165, 1.54) is 21.7 Å². The highest BCUT2D eigenvalue weighted by atomic mass is 35.5. The zero-order valence-corrected chi connectivity index (χ0v) is 20.1. The molecule has 1 fully saturated rings. The van der Waals surface area contributed by atoms with Crippen LogP contribution in [-0.4, -0.2) is 50.0 Å². The number of nitrogens with zero attached hydrogens (tertiary/aromatic N) is 3. The number of carbonyl (C=O) groups is 1. The summed E-state index contributed by atoms with van der Waals surface area (Å²) in [5.41, 5.74) is 0.999. The Labute approximate surface area is 193 Å². The van der Waals surface area contributed by atoms with Crippen LogP contribution < -0.4 is 4.80 Å². The van der Waals surface area contributed by atoms with E-state index in [0.717, 1.165) is 21.6 Å². The summed E-state index contributed by atoms with van der Waals surface area (Å²) < 4.78 is 36.1. The van der Waals surface area contributed by atoms with Crippen LogP contribution in [0.2, 0.25) is 4.34 Å². The molecule has 0 spiro atoms. The minimum absolute atomic E-state index is 0.128. The molecular weight excluding hydrogens is 478 g/mol. The van der Waals surface area contributed by atoms with Crippen molar-refractivity contribution in [3.8, 4) is 0 Å². The van der Waals surface area contributed by atoms with Crippen LogP contribution >= 0.6 is 34.3 Å². The SMILES string of the molecule is COCCn1c(=NC(=O)C2CCCN(S(=O)(=O)c3ccc(Cl)s3)C2)sc2ccccc21. The van der Waals surface area contributed by atoms with Crippen molar-refractivity contribution < 1.29 is 17.9 Å². The summed E-state index contributed by atoms with van der Waals surface area (Å²) in [5.74, 6) is -0.762. The number of methoxy groups -OCH3 is 1. The van der Waals surface area contributed by atoms with Gasteiger partial charge in [-0.2, -0.15) is 9.30 Å². The summed E-state index contributed by atoms with van der Waals surface area (Å²) in [6, 6.07) is 11.0. The van der Waals surface area contributed by atoms with E-state index in [0.29, 0.717) is 41.7 Å². The molecule has 2 aromatic heterocycles. The van der Waals surface area contributed by atoms with Gasteiger partial charge in [-0.25, -0.2) is 8.42 Å². The molecule has 1 aromatic carbocycles. The Bertz CT molecular complexity index is 1260. The summed E-state index contributed by atoms with van der Waals surface area (Å²) in [6.45, 7) is 1.60. The van der Waals surface area contributed by atoms with Gasteiger partial charge in [0.25, 0.3) is 15.9 Å². The Balaban J connectivity index is 1.61. The van der Waals surface area contributed by atoms with Crippen LogP contribution in [0, 0.1) is 5.92 Å². The molecule has 31 heavy (non-hydrogen) atoms. The maximum Gasteiger partial charge on any atom is 0.252 e. The molecule has 1 atom stereocenters. The molecule has 0 bridgehead atoms. The summed E-state index contributed by atoms with van der Waals surface area (Å²) in [7, 11) is -2.03. The topological polar surface area (TPSA) is 81.0 Å². The van der Waals surface area contributed by atoms with Gasteiger partial charge in [-0.1, -0.05) is 35.1 Å². The highest BCUT2D eigenvalue weighted by Gasteiger charge is 2.34. The lowest BCUT2D eigenvalue weighted by Gasteiger charge is -2.29. The number of halogens is 1. The molecule has 3 heterocycles. The number of hydrogen-bond donors (Lipinski definition) is 0. The first kappa shape index (κ1) is 22.6. The number of piperidine rings is 1. The number of sulfonamides is 1. The van der Waals surface area contributed by atoms with E-state index in [4.69, 9.17) is 16.3 Å². The van der Waals surface area contributed by atoms with Crippen LogP contribution in [0.25, 0.3) is 10.2 Å². The van der Waals surface area contributed by atoms with E-state index in [-0.39, 0.29) is 16.7 Å². The molecular formula is C20H22ClN3O4S3. The molecule has 0 aliphatic carbocycles. The van der Waals surface area contributed by atoms with Crippen LogP contribution in [0.4, 0.5) is 0 Å². The largest absolute Gasteiger partial charge is 0.383 e. The third-order valence-corrected chi connectivity index (χ3v) is 9.81. The van der Waals surface area contributed by atoms with Gasteiger partial charge in [0.05, 0.1) is 27.1 Å². The van der Waals surface area contributed by atoms with Crippen molar-refractivity contribution in [3.63, 3.8) is 0 Å². The number of thiazole rings is 1. The van der Waals surface area contributed by atoms with Gasteiger partial charge in [0.2, 0.25) is 0 Å². The molecule has 1 amide bonds. The molecule has 1 aliphatic rings. The maximum atomic E-state index is 13.0. The number of thiophene rings is 1. The van der Waals surface area contributed by atoms with Gasteiger partial charge < -0.3 is 9.30 Å². The number of hydrogen-bond acceptors (Lipinski definition) is 6. The van der Waals surface area contributed by atoms with Crippen molar-refractivity contribution in [2.75, 3.05) is 26.8 Å². The molecule has 1 saturated heterocycles. The normalized spacial score (nSPS) is 18.6. The molecule has 0 saturated carbocycles. The van der Waals surface area contributed by atoms with E-state index in [1.807, 2.05) is 28.8 Å². The van der Waals surface area contributed by atoms with Crippen LogP contribution in [0.15, 0.2) is 45.6 Å². The summed E-state index contributed by atoms with van der Waals surface area (Å²) in [6.07, 6.45) is 1.23. The van der Waals surface area contributed by atoms with Gasteiger partial charge in [-0.3, -0.25) is 4.79 Å². The number of ether oxygens (including phenoxy) is 1. The summed E-state index contributed by atoms with van der Waals surface area (Å²) in [4.78, 5) is 18.1. The van der Waals surface area contributed by atoms with Gasteiger partial charge in [-0.05, 0) is 37.1 Å². The van der Waals surface area contributed by atoms with Crippen LogP contribution in [0.3, 0.4) is 0 Å². The van der Waals surface area contributed by atoms with Gasteiger partial charge in [-0.15, -0.1) is 11.3 Å². The summed E-state index contributed by atoms with van der Waals surface area (Å²) >= 11 is 8.39. The van der Waals surface area contributed by atoms with E-state index in [1.54, 1.807) is 13.2 Å². The lowest BCUT2D eigenvalue weighted by Crippen LogP contribution is -2.42. The van der Waals surface area contributed by atoms with Crippen molar-refractivity contribution in [1.82, 2.24) is 8.87 Å². The fraction of sp³-hybridized carbons (Fsp3) is 0.400. The molecule has 3 aromatic rings. The second-order valence-electron chi connectivity index (χ2n) is 7.21. The average molecular weight is 500 g/mol. The lowest BCUT2D eigenvalue weighted by molar-refractivity contribution is -0.122. The van der Waals surface area contributed by atoms with Crippen LogP contribution in [-0.2, 0) is 26.1 Å². The average Bonchev–Trinajstić information content (AvgIpc) is 3.36. The molecule has 1 aliphatic heterocycles. The van der Waals surface area contributed by atoms with E-state index in [9.17, 15) is 13.2 Å². The minimum Gasteiger partial charge on any atom is -0.383 e. The molecule has 4 rings (SSSR count). The molecule has 166 valence electrons. The second-order valence-corrected chi connectivity index (χ2v) is 12.1. The Kier molecular flexibility index (Phi) is 6.95. The number of para-hydroxylation sites is 1. The Morgan fingerprint density at radius 3 is 2.81 bits per heavy atom. The Hall–Kier alpha value is -1.56. The van der Waals surface area contributed by atoms with Crippen molar-refractivity contribution in [2.45, 2.75) is 23.6 Å². The molecule has 0 N–H and O–H groups in total. The van der Waals surface area contributed by atoms with Gasteiger partial charge in [0.1, 0.15) is 4.21 Å². The number of benzene rings is 1. The fourth-order valence-corrected chi connectivity index (χ4v) is 7.84. The predicted octanol–water partition coefficient (Wildman–Crippen LogP) is 3.59. The number of rotatable bonds is 6. The van der Waals surface area contributed by atoms with Crippen molar-refractivity contribution >= 4 is 60.4 Å². The number of fused-ring (bicyclic) bond motifs is 1. The molecule has 0 radical (unpaired) electrons. The van der Waals surface area contributed by atoms with E-state index >= 15 is 0 Å². The standard InChI is InChI=1S/C20H22ClN3O4S3/c1-28-12-11-24-15-6-2-3-7-16(15)29-20(24)22-19(25)14-5-4-10-23(13-14)31(26,27)18-9-8-17(21)30-18/h2-3,6-9,14H,4-5,10-13H2,1H3. The fourth-order valence-electron chi connectivity index (χ4n) is 3.62. The lowest BCUT2D eigenvalue weighted by atomic mass is 9.99. The second kappa shape index (κ2) is 9.51. The van der Waals surface area contributed by atoms with Gasteiger partial charge in [0.15, 0.2) is 4.80 Å². The van der Waals surface area contributed by atoms with Crippen LogP contribution in [0.5, 0.6) is 0 Å². The third-order valence-electron chi connectivity index (χ3n) is 5.19. The van der Waals surface area contributed by atoms with Crippen LogP contribution in [0.1, 0.15) is 12.8 Å². The summed E-state index contributed by atoms with van der Waals surface area (Å²) in [5, 5.41) is 0. The molecule has 1 unspecified atom stereocenters. The quantitative estimate of drug-likeness (QED) is 0.519. The molecule has 7 nitrogen and oxygen atoms in total. The first-order chi connectivity index (χ1) is 14.9. The zero-order valence-electron chi connectivity index (χ0n) is 16.9. The highest BCUT2D eigenvalue weighted by molar-refractivity contribution is 7.91. The maximum absolute atomic E-state index is 13.0. The zero-order chi connectivity index (χ0) is 22.0. The van der Waals surface area contributed by atoms with Crippen molar-refractivity contribution in [1.29, 1.82) is 0 Å². The Morgan fingerprint density at radius 2 is 2.06 bits per heavy atom. The number of carbonyl (C=O) groups excluding carboxylic acids is 1. The van der Waals surface area contributed by atoms with Gasteiger partial charge >= 0.3 is 0 Å². The minimum atomic E-state index is -3.67. The highest BCUT2D eigenvalue weighted by Crippen LogP contribution is 2.31. The van der Waals surface area contributed by atoms with E-state index in [2.05, 4.69) is 4.99 Å².